The van der Waals surface area contributed by atoms with Gasteiger partial charge < -0.3 is 15.9 Å². The highest BCUT2D eigenvalue weighted by molar-refractivity contribution is 6.33. The van der Waals surface area contributed by atoms with Gasteiger partial charge in [-0.3, -0.25) is 0 Å². The number of hydrogen-bond donors (Lipinski definition) is 3. The molecule has 0 aromatic heterocycles. The summed E-state index contributed by atoms with van der Waals surface area (Å²) < 4.78 is 14.2. The molecule has 5 nitrogen and oxygen atoms in total. The molecule has 4 N–H and O–H groups in total. The average Bonchev–Trinajstić information content (AvgIpc) is 2.42. The fourth-order valence-corrected chi connectivity index (χ4v) is 2.32. The van der Waals surface area contributed by atoms with E-state index in [1.54, 1.807) is 6.92 Å². The molecule has 0 radical (unpaired) electrons. The van der Waals surface area contributed by atoms with Crippen molar-refractivity contribution >= 4 is 29.2 Å². The summed E-state index contributed by atoms with van der Waals surface area (Å²) in [7, 11) is 0. The van der Waals surface area contributed by atoms with Gasteiger partial charge in [0.1, 0.15) is 5.82 Å². The molecule has 7 heteroatoms. The van der Waals surface area contributed by atoms with E-state index < -0.39 is 17.8 Å². The summed E-state index contributed by atoms with van der Waals surface area (Å²) in [4.78, 5) is 22.8. The largest absolute Gasteiger partial charge is 0.478 e. The van der Waals surface area contributed by atoms with Crippen LogP contribution in [0.15, 0.2) is 24.3 Å². The van der Waals surface area contributed by atoms with Crippen molar-refractivity contribution in [2.24, 2.45) is 0 Å². The summed E-state index contributed by atoms with van der Waals surface area (Å²) in [5, 5.41) is 18.6. The number of halogens is 2. The number of nitrogens with two attached hydrogens (primary N) is 1. The van der Waals surface area contributed by atoms with Crippen LogP contribution in [0.5, 0.6) is 0 Å². The molecule has 0 aliphatic carbocycles. The van der Waals surface area contributed by atoms with E-state index in [9.17, 15) is 24.2 Å². The van der Waals surface area contributed by atoms with Crippen LogP contribution in [-0.2, 0) is 0 Å². The second-order valence-corrected chi connectivity index (χ2v) is 5.11. The normalized spacial score (nSPS) is 10.5. The quantitative estimate of drug-likeness (QED) is 0.751. The summed E-state index contributed by atoms with van der Waals surface area (Å²) in [5.41, 5.74) is 4.95. The van der Waals surface area contributed by atoms with Crippen LogP contribution in [0, 0.1) is 12.7 Å². The summed E-state index contributed by atoms with van der Waals surface area (Å²) in [6.45, 7) is 1.55. The average molecular weight is 324 g/mol. The highest BCUT2D eigenvalue weighted by atomic mass is 35.5. The van der Waals surface area contributed by atoms with Gasteiger partial charge in [-0.15, -0.1) is 0 Å². The van der Waals surface area contributed by atoms with Gasteiger partial charge in [-0.05, 0) is 36.8 Å². The maximum absolute atomic E-state index is 14.2. The van der Waals surface area contributed by atoms with E-state index >= 15 is 0 Å². The molecule has 2 rings (SSSR count). The number of carboxylic acid groups (broad SMARTS) is 2. The third-order valence-electron chi connectivity index (χ3n) is 3.10. The summed E-state index contributed by atoms with van der Waals surface area (Å²) >= 11 is 5.71. The van der Waals surface area contributed by atoms with Gasteiger partial charge in [-0.2, -0.15) is 0 Å². The van der Waals surface area contributed by atoms with Crippen molar-refractivity contribution < 1.29 is 24.2 Å². The van der Waals surface area contributed by atoms with Gasteiger partial charge in [0.15, 0.2) is 0 Å². The number of rotatable bonds is 3. The molecule has 0 bridgehead atoms. The van der Waals surface area contributed by atoms with Crippen molar-refractivity contribution in [2.75, 3.05) is 5.73 Å². The molecule has 0 amide bonds. The smallest absolute Gasteiger partial charge is 0.336 e. The van der Waals surface area contributed by atoms with E-state index in [1.807, 2.05) is 0 Å². The third-order valence-corrected chi connectivity index (χ3v) is 3.43. The zero-order valence-electron chi connectivity index (χ0n) is 11.4. The zero-order chi connectivity index (χ0) is 16.6. The molecule has 0 saturated heterocycles. The van der Waals surface area contributed by atoms with Crippen LogP contribution in [0.1, 0.15) is 26.3 Å². The molecular formula is C15H11ClFNO4. The van der Waals surface area contributed by atoms with E-state index in [0.717, 1.165) is 12.1 Å². The minimum absolute atomic E-state index is 0.0197. The standard InChI is InChI=1S/C15H11ClFNO4/c1-6-2-8(14(19)20)13(9(3-6)15(21)22)7-4-12(18)10(16)5-11(7)17/h2-5H,18H2,1H3,(H,19,20)(H,21,22). The lowest BCUT2D eigenvalue weighted by Gasteiger charge is -2.14. The molecule has 0 aliphatic heterocycles. The molecule has 2 aromatic carbocycles. The van der Waals surface area contributed by atoms with Crippen molar-refractivity contribution in [3.8, 4) is 11.1 Å². The van der Waals surface area contributed by atoms with E-state index in [-0.39, 0.29) is 33.0 Å². The lowest BCUT2D eigenvalue weighted by molar-refractivity contribution is 0.0696. The van der Waals surface area contributed by atoms with Gasteiger partial charge in [-0.25, -0.2) is 14.0 Å². The Morgan fingerprint density at radius 1 is 1.09 bits per heavy atom. The summed E-state index contributed by atoms with van der Waals surface area (Å²) in [6, 6.07) is 4.59. The predicted octanol–water partition coefficient (Wildman–Crippen LogP) is 3.43. The Morgan fingerprint density at radius 2 is 1.59 bits per heavy atom. The minimum atomic E-state index is -1.37. The van der Waals surface area contributed by atoms with Crippen LogP contribution >= 0.6 is 11.6 Å². The zero-order valence-corrected chi connectivity index (χ0v) is 12.1. The molecule has 0 atom stereocenters. The van der Waals surface area contributed by atoms with Gasteiger partial charge in [0.25, 0.3) is 0 Å². The van der Waals surface area contributed by atoms with Crippen molar-refractivity contribution in [1.29, 1.82) is 0 Å². The number of hydrogen-bond acceptors (Lipinski definition) is 3. The first-order chi connectivity index (χ1) is 10.2. The van der Waals surface area contributed by atoms with E-state index in [0.29, 0.717) is 5.56 Å². The molecule has 0 unspecified atom stereocenters. The van der Waals surface area contributed by atoms with Crippen LogP contribution in [0.4, 0.5) is 10.1 Å². The Labute approximate surface area is 129 Å². The summed E-state index contributed by atoms with van der Waals surface area (Å²) in [5.74, 6) is -3.59. The van der Waals surface area contributed by atoms with Gasteiger partial charge in [0.2, 0.25) is 0 Å². The molecule has 0 spiro atoms. The topological polar surface area (TPSA) is 101 Å². The third kappa shape index (κ3) is 2.73. The monoisotopic (exact) mass is 323 g/mol. The number of anilines is 1. The number of aryl methyl sites for hydroxylation is 1. The molecule has 0 aliphatic rings. The fraction of sp³-hybridized carbons (Fsp3) is 0.0667. The Kier molecular flexibility index (Phi) is 4.05. The molecule has 0 saturated carbocycles. The van der Waals surface area contributed by atoms with Crippen molar-refractivity contribution in [1.82, 2.24) is 0 Å². The Hall–Kier alpha value is -2.60. The molecule has 0 heterocycles. The van der Waals surface area contributed by atoms with Gasteiger partial charge >= 0.3 is 11.9 Å². The van der Waals surface area contributed by atoms with Crippen LogP contribution in [0.2, 0.25) is 5.02 Å². The first-order valence-electron chi connectivity index (χ1n) is 6.08. The second-order valence-electron chi connectivity index (χ2n) is 4.70. The molecule has 22 heavy (non-hydrogen) atoms. The lowest BCUT2D eigenvalue weighted by Crippen LogP contribution is -2.09. The SMILES string of the molecule is Cc1cc(C(=O)O)c(-c2cc(N)c(Cl)cc2F)c(C(=O)O)c1. The van der Waals surface area contributed by atoms with Crippen LogP contribution in [0.25, 0.3) is 11.1 Å². The minimum Gasteiger partial charge on any atom is -0.478 e. The van der Waals surface area contributed by atoms with Crippen LogP contribution in [-0.4, -0.2) is 22.2 Å². The lowest BCUT2D eigenvalue weighted by atomic mass is 9.91. The maximum Gasteiger partial charge on any atom is 0.336 e. The van der Waals surface area contributed by atoms with Gasteiger partial charge in [0.05, 0.1) is 21.8 Å². The van der Waals surface area contributed by atoms with Crippen LogP contribution < -0.4 is 5.73 Å². The number of carbonyl (C=O) groups is 2. The van der Waals surface area contributed by atoms with Crippen molar-refractivity contribution in [3.05, 3.63) is 51.8 Å². The number of nitrogen functional groups attached to an aromatic ring is 1. The second kappa shape index (κ2) is 5.65. The van der Waals surface area contributed by atoms with Gasteiger partial charge in [0, 0.05) is 11.1 Å². The maximum atomic E-state index is 14.2. The molecular weight excluding hydrogens is 313 g/mol. The van der Waals surface area contributed by atoms with Crippen molar-refractivity contribution in [3.63, 3.8) is 0 Å². The Morgan fingerprint density at radius 3 is 2.05 bits per heavy atom. The number of carboxylic acids is 2. The Balaban J connectivity index is 2.92. The molecule has 114 valence electrons. The first-order valence-corrected chi connectivity index (χ1v) is 6.46. The van der Waals surface area contributed by atoms with E-state index in [2.05, 4.69) is 0 Å². The highest BCUT2D eigenvalue weighted by Gasteiger charge is 2.23. The molecule has 0 fully saturated rings. The Bertz CT molecular complexity index is 769. The predicted molar refractivity (Wildman–Crippen MR) is 79.9 cm³/mol. The number of aromatic carboxylic acids is 2. The van der Waals surface area contributed by atoms with E-state index in [1.165, 1.54) is 12.1 Å². The summed E-state index contributed by atoms with van der Waals surface area (Å²) in [6.07, 6.45) is 0. The highest BCUT2D eigenvalue weighted by Crippen LogP contribution is 2.35. The molecule has 2 aromatic rings. The fourth-order valence-electron chi connectivity index (χ4n) is 2.17. The van der Waals surface area contributed by atoms with Crippen molar-refractivity contribution in [2.45, 2.75) is 6.92 Å². The van der Waals surface area contributed by atoms with Crippen LogP contribution in [0.3, 0.4) is 0 Å². The first kappa shape index (κ1) is 15.8. The van der Waals surface area contributed by atoms with Gasteiger partial charge in [-0.1, -0.05) is 11.6 Å². The van der Waals surface area contributed by atoms with E-state index in [4.69, 9.17) is 17.3 Å². The number of benzene rings is 2.